The van der Waals surface area contributed by atoms with Gasteiger partial charge < -0.3 is 9.73 Å². The van der Waals surface area contributed by atoms with E-state index in [0.717, 1.165) is 5.56 Å². The summed E-state index contributed by atoms with van der Waals surface area (Å²) in [5.74, 6) is -0.202. The minimum atomic E-state index is -0.431. The van der Waals surface area contributed by atoms with Crippen molar-refractivity contribution in [2.75, 3.05) is 0 Å². The van der Waals surface area contributed by atoms with Gasteiger partial charge in [0, 0.05) is 6.42 Å². The molecule has 0 bridgehead atoms. The van der Waals surface area contributed by atoms with Gasteiger partial charge in [0.05, 0.1) is 12.1 Å². The molecule has 0 saturated carbocycles. The van der Waals surface area contributed by atoms with Crippen molar-refractivity contribution in [3.05, 3.63) is 71.9 Å². The maximum atomic E-state index is 13.7. The van der Waals surface area contributed by atoms with Crippen LogP contribution in [0.5, 0.6) is 0 Å². The third-order valence-electron chi connectivity index (χ3n) is 3.49. The fourth-order valence-electron chi connectivity index (χ4n) is 2.23. The Hall–Kier alpha value is -3.02. The van der Waals surface area contributed by atoms with Crippen LogP contribution in [-0.2, 0) is 17.8 Å². The predicted octanol–water partition coefficient (Wildman–Crippen LogP) is 3.12. The Morgan fingerprint density at radius 3 is 2.58 bits per heavy atom. The normalized spacial score (nSPS) is 10.5. The van der Waals surface area contributed by atoms with E-state index in [1.54, 1.807) is 18.2 Å². The Morgan fingerprint density at radius 1 is 1.04 bits per heavy atom. The van der Waals surface area contributed by atoms with Crippen LogP contribution < -0.4 is 5.32 Å². The van der Waals surface area contributed by atoms with Crippen molar-refractivity contribution >= 4 is 5.91 Å². The van der Waals surface area contributed by atoms with Gasteiger partial charge in [-0.1, -0.05) is 42.5 Å². The third kappa shape index (κ3) is 4.04. The lowest BCUT2D eigenvalue weighted by Crippen LogP contribution is -2.23. The number of hydrogen-bond acceptors (Lipinski definition) is 4. The summed E-state index contributed by atoms with van der Waals surface area (Å²) < 4.78 is 19.0. The van der Waals surface area contributed by atoms with Gasteiger partial charge in [-0.2, -0.15) is 0 Å². The van der Waals surface area contributed by atoms with Gasteiger partial charge in [0.25, 0.3) is 5.89 Å². The maximum Gasteiger partial charge on any atom is 0.250 e. The van der Waals surface area contributed by atoms with E-state index >= 15 is 0 Å². The SMILES string of the molecule is O=C(CCc1ccccc1)NCc1nnc(-c2ccccc2F)o1. The molecule has 0 fully saturated rings. The number of nitrogens with one attached hydrogen (secondary N) is 1. The number of rotatable bonds is 6. The second-order valence-electron chi connectivity index (χ2n) is 5.24. The third-order valence-corrected chi connectivity index (χ3v) is 3.49. The smallest absolute Gasteiger partial charge is 0.250 e. The quantitative estimate of drug-likeness (QED) is 0.756. The predicted molar refractivity (Wildman–Crippen MR) is 86.3 cm³/mol. The molecule has 1 aromatic heterocycles. The van der Waals surface area contributed by atoms with Crippen LogP contribution in [0.3, 0.4) is 0 Å². The van der Waals surface area contributed by atoms with Crippen molar-refractivity contribution in [1.82, 2.24) is 15.5 Å². The molecular weight excluding hydrogens is 309 g/mol. The molecule has 3 rings (SSSR count). The molecule has 2 aromatic carbocycles. The van der Waals surface area contributed by atoms with Crippen LogP contribution in [0.4, 0.5) is 4.39 Å². The van der Waals surface area contributed by atoms with Gasteiger partial charge >= 0.3 is 0 Å². The van der Waals surface area contributed by atoms with Crippen molar-refractivity contribution < 1.29 is 13.6 Å². The first-order chi connectivity index (χ1) is 11.7. The molecule has 1 amide bonds. The first-order valence-corrected chi connectivity index (χ1v) is 7.60. The summed E-state index contributed by atoms with van der Waals surface area (Å²) in [5.41, 5.74) is 1.35. The fourth-order valence-corrected chi connectivity index (χ4v) is 2.23. The van der Waals surface area contributed by atoms with E-state index in [9.17, 15) is 9.18 Å². The van der Waals surface area contributed by atoms with Gasteiger partial charge in [-0.15, -0.1) is 10.2 Å². The van der Waals surface area contributed by atoms with E-state index in [1.807, 2.05) is 30.3 Å². The Balaban J connectivity index is 1.52. The molecule has 122 valence electrons. The second-order valence-corrected chi connectivity index (χ2v) is 5.24. The number of halogens is 1. The molecule has 0 spiro atoms. The van der Waals surface area contributed by atoms with Crippen molar-refractivity contribution in [1.29, 1.82) is 0 Å². The molecule has 5 nitrogen and oxygen atoms in total. The zero-order chi connectivity index (χ0) is 16.8. The molecule has 0 saturated heterocycles. The molecule has 24 heavy (non-hydrogen) atoms. The van der Waals surface area contributed by atoms with Crippen molar-refractivity contribution in [3.63, 3.8) is 0 Å². The van der Waals surface area contributed by atoms with Crippen molar-refractivity contribution in [2.24, 2.45) is 0 Å². The fraction of sp³-hybridized carbons (Fsp3) is 0.167. The molecule has 0 aliphatic rings. The molecule has 3 aromatic rings. The van der Waals surface area contributed by atoms with E-state index in [4.69, 9.17) is 4.42 Å². The van der Waals surface area contributed by atoms with Crippen LogP contribution in [0.15, 0.2) is 59.0 Å². The highest BCUT2D eigenvalue weighted by Gasteiger charge is 2.13. The number of benzene rings is 2. The molecule has 1 heterocycles. The Labute approximate surface area is 138 Å². The van der Waals surface area contributed by atoms with E-state index < -0.39 is 5.82 Å². The molecule has 0 unspecified atom stereocenters. The van der Waals surface area contributed by atoms with E-state index in [0.29, 0.717) is 12.8 Å². The van der Waals surface area contributed by atoms with Gasteiger partial charge in [0.1, 0.15) is 5.82 Å². The number of carbonyl (C=O) groups is 1. The lowest BCUT2D eigenvalue weighted by molar-refractivity contribution is -0.121. The van der Waals surface area contributed by atoms with Gasteiger partial charge in [0.2, 0.25) is 11.8 Å². The van der Waals surface area contributed by atoms with Crippen molar-refractivity contribution in [3.8, 4) is 11.5 Å². The highest BCUT2D eigenvalue weighted by atomic mass is 19.1. The van der Waals surface area contributed by atoms with Crippen LogP contribution in [0.1, 0.15) is 17.9 Å². The zero-order valence-corrected chi connectivity index (χ0v) is 12.9. The summed E-state index contributed by atoms with van der Waals surface area (Å²) in [6, 6.07) is 15.9. The summed E-state index contributed by atoms with van der Waals surface area (Å²) in [6.07, 6.45) is 1.04. The summed E-state index contributed by atoms with van der Waals surface area (Å²) in [4.78, 5) is 11.9. The molecule has 6 heteroatoms. The van der Waals surface area contributed by atoms with Crippen LogP contribution >= 0.6 is 0 Å². The largest absolute Gasteiger partial charge is 0.419 e. The van der Waals surface area contributed by atoms with Crippen LogP contribution in [0.2, 0.25) is 0 Å². The Morgan fingerprint density at radius 2 is 1.79 bits per heavy atom. The lowest BCUT2D eigenvalue weighted by Gasteiger charge is -2.02. The first-order valence-electron chi connectivity index (χ1n) is 7.60. The minimum Gasteiger partial charge on any atom is -0.419 e. The van der Waals surface area contributed by atoms with Crippen LogP contribution in [-0.4, -0.2) is 16.1 Å². The lowest BCUT2D eigenvalue weighted by atomic mass is 10.1. The standard InChI is InChI=1S/C18H16FN3O2/c19-15-9-5-4-8-14(15)18-22-21-17(24-18)12-20-16(23)11-10-13-6-2-1-3-7-13/h1-9H,10-12H2,(H,20,23). The monoisotopic (exact) mass is 325 g/mol. The topological polar surface area (TPSA) is 68.0 Å². The maximum absolute atomic E-state index is 13.7. The molecule has 1 N–H and O–H groups in total. The molecule has 0 atom stereocenters. The van der Waals surface area contributed by atoms with E-state index in [1.165, 1.54) is 6.07 Å². The van der Waals surface area contributed by atoms with Gasteiger partial charge in [0.15, 0.2) is 0 Å². The van der Waals surface area contributed by atoms with Crippen LogP contribution in [0, 0.1) is 5.82 Å². The Bertz CT molecular complexity index is 818. The Kier molecular flexibility index (Phi) is 4.96. The zero-order valence-electron chi connectivity index (χ0n) is 12.9. The number of aromatic nitrogens is 2. The van der Waals surface area contributed by atoms with Gasteiger partial charge in [-0.05, 0) is 24.1 Å². The van der Waals surface area contributed by atoms with Crippen molar-refractivity contribution in [2.45, 2.75) is 19.4 Å². The second kappa shape index (κ2) is 7.50. The number of amides is 1. The summed E-state index contributed by atoms with van der Waals surface area (Å²) in [6.45, 7) is 0.120. The highest BCUT2D eigenvalue weighted by molar-refractivity contribution is 5.76. The number of nitrogens with zero attached hydrogens (tertiary/aromatic N) is 2. The number of carbonyl (C=O) groups excluding carboxylic acids is 1. The van der Waals surface area contributed by atoms with Gasteiger partial charge in [-0.25, -0.2) is 4.39 Å². The summed E-state index contributed by atoms with van der Waals surface area (Å²) in [7, 11) is 0. The average molecular weight is 325 g/mol. The summed E-state index contributed by atoms with van der Waals surface area (Å²) in [5, 5.41) is 10.4. The summed E-state index contributed by atoms with van der Waals surface area (Å²) >= 11 is 0. The molecule has 0 aliphatic carbocycles. The number of aryl methyl sites for hydroxylation is 1. The highest BCUT2D eigenvalue weighted by Crippen LogP contribution is 2.20. The van der Waals surface area contributed by atoms with Gasteiger partial charge in [-0.3, -0.25) is 4.79 Å². The first kappa shape index (κ1) is 15.9. The van der Waals surface area contributed by atoms with Crippen LogP contribution in [0.25, 0.3) is 11.5 Å². The van der Waals surface area contributed by atoms with E-state index in [-0.39, 0.29) is 29.8 Å². The molecule has 0 aliphatic heterocycles. The van der Waals surface area contributed by atoms with E-state index in [2.05, 4.69) is 15.5 Å². The molecule has 0 radical (unpaired) electrons. The average Bonchev–Trinajstić information content (AvgIpc) is 3.08. The molecular formula is C18H16FN3O2. The minimum absolute atomic E-state index is 0.0987. The number of hydrogen-bond donors (Lipinski definition) is 1.